The van der Waals surface area contributed by atoms with Gasteiger partial charge in [0.2, 0.25) is 5.91 Å². The lowest BCUT2D eigenvalue weighted by molar-refractivity contribution is -0.125. The van der Waals surface area contributed by atoms with Crippen molar-refractivity contribution in [3.05, 3.63) is 60.2 Å². The van der Waals surface area contributed by atoms with Crippen LogP contribution < -0.4 is 5.73 Å². The number of allylic oxidation sites excluding steroid dienone is 3. The molecule has 1 aliphatic rings. The van der Waals surface area contributed by atoms with Crippen LogP contribution in [0, 0.1) is 5.41 Å². The molecule has 1 atom stereocenters. The molecule has 16 heavy (non-hydrogen) atoms. The van der Waals surface area contributed by atoms with Gasteiger partial charge in [-0.15, -0.1) is 0 Å². The van der Waals surface area contributed by atoms with E-state index in [4.69, 9.17) is 5.73 Å². The summed E-state index contributed by atoms with van der Waals surface area (Å²) in [4.78, 5) is 11.6. The largest absolute Gasteiger partial charge is 0.369 e. The Morgan fingerprint density at radius 2 is 2.00 bits per heavy atom. The van der Waals surface area contributed by atoms with Crippen molar-refractivity contribution in [1.82, 2.24) is 0 Å². The van der Waals surface area contributed by atoms with E-state index in [9.17, 15) is 4.79 Å². The first kappa shape index (κ1) is 10.7. The second-order valence-electron chi connectivity index (χ2n) is 4.17. The first-order valence-corrected chi connectivity index (χ1v) is 5.41. The molecule has 1 aromatic carbocycles. The molecular formula is C14H15NO. The van der Waals surface area contributed by atoms with Gasteiger partial charge < -0.3 is 5.73 Å². The van der Waals surface area contributed by atoms with Crippen LogP contribution >= 0.6 is 0 Å². The van der Waals surface area contributed by atoms with Gasteiger partial charge in [0.1, 0.15) is 0 Å². The summed E-state index contributed by atoms with van der Waals surface area (Å²) >= 11 is 0. The van der Waals surface area contributed by atoms with Gasteiger partial charge in [-0.2, -0.15) is 0 Å². The molecule has 0 radical (unpaired) electrons. The molecule has 1 amide bonds. The normalized spacial score (nSPS) is 23.2. The molecule has 0 aliphatic heterocycles. The second kappa shape index (κ2) is 4.35. The highest BCUT2D eigenvalue weighted by molar-refractivity contribution is 5.84. The fourth-order valence-electron chi connectivity index (χ4n) is 2.03. The molecule has 0 spiro atoms. The molecule has 1 aromatic rings. The SMILES string of the molecule is NC(=O)C1(Cc2ccccc2)C=CC=CC1. The molecule has 0 fully saturated rings. The fraction of sp³-hybridized carbons (Fsp3) is 0.214. The van der Waals surface area contributed by atoms with E-state index in [-0.39, 0.29) is 5.91 Å². The van der Waals surface area contributed by atoms with Crippen molar-refractivity contribution in [2.24, 2.45) is 11.1 Å². The summed E-state index contributed by atoms with van der Waals surface area (Å²) in [5, 5.41) is 0. The number of nitrogens with two attached hydrogens (primary N) is 1. The summed E-state index contributed by atoms with van der Waals surface area (Å²) in [5.41, 5.74) is 6.12. The summed E-state index contributed by atoms with van der Waals surface area (Å²) in [6.45, 7) is 0. The number of rotatable bonds is 3. The van der Waals surface area contributed by atoms with Crippen molar-refractivity contribution in [3.63, 3.8) is 0 Å². The maximum atomic E-state index is 11.6. The predicted molar refractivity (Wildman–Crippen MR) is 64.7 cm³/mol. The summed E-state index contributed by atoms with van der Waals surface area (Å²) in [6.07, 6.45) is 9.12. The van der Waals surface area contributed by atoms with E-state index in [2.05, 4.69) is 0 Å². The van der Waals surface area contributed by atoms with Gasteiger partial charge in [-0.3, -0.25) is 4.79 Å². The Morgan fingerprint density at radius 3 is 2.56 bits per heavy atom. The summed E-state index contributed by atoms with van der Waals surface area (Å²) in [5.74, 6) is -0.253. The number of amides is 1. The lowest BCUT2D eigenvalue weighted by Gasteiger charge is -2.27. The zero-order valence-corrected chi connectivity index (χ0v) is 9.10. The number of primary amides is 1. The average Bonchev–Trinajstić information content (AvgIpc) is 2.31. The van der Waals surface area contributed by atoms with Crippen molar-refractivity contribution in [2.75, 3.05) is 0 Å². The van der Waals surface area contributed by atoms with Crippen LogP contribution in [0.5, 0.6) is 0 Å². The van der Waals surface area contributed by atoms with Crippen molar-refractivity contribution in [3.8, 4) is 0 Å². The topological polar surface area (TPSA) is 43.1 Å². The van der Waals surface area contributed by atoms with Gasteiger partial charge in [0.05, 0.1) is 5.41 Å². The molecule has 0 saturated carbocycles. The van der Waals surface area contributed by atoms with E-state index in [1.165, 1.54) is 0 Å². The highest BCUT2D eigenvalue weighted by atomic mass is 16.1. The van der Waals surface area contributed by atoms with E-state index in [1.807, 2.05) is 54.6 Å². The van der Waals surface area contributed by atoms with E-state index >= 15 is 0 Å². The van der Waals surface area contributed by atoms with E-state index < -0.39 is 5.41 Å². The van der Waals surface area contributed by atoms with E-state index in [0.29, 0.717) is 12.8 Å². The number of hydrogen-bond donors (Lipinski definition) is 1. The first-order chi connectivity index (χ1) is 7.73. The number of carbonyl (C=O) groups excluding carboxylic acids is 1. The number of benzene rings is 1. The second-order valence-corrected chi connectivity index (χ2v) is 4.17. The van der Waals surface area contributed by atoms with Crippen LogP contribution in [0.3, 0.4) is 0 Å². The monoisotopic (exact) mass is 213 g/mol. The van der Waals surface area contributed by atoms with Crippen LogP contribution in [0.2, 0.25) is 0 Å². The Bertz CT molecular complexity index is 433. The van der Waals surface area contributed by atoms with Crippen LogP contribution in [0.4, 0.5) is 0 Å². The van der Waals surface area contributed by atoms with Crippen molar-refractivity contribution >= 4 is 5.91 Å². The van der Waals surface area contributed by atoms with Crippen LogP contribution in [-0.2, 0) is 11.2 Å². The zero-order valence-electron chi connectivity index (χ0n) is 9.10. The molecule has 2 heteroatoms. The molecular weight excluding hydrogens is 198 g/mol. The van der Waals surface area contributed by atoms with Gasteiger partial charge in [0, 0.05) is 0 Å². The molecule has 0 aromatic heterocycles. The van der Waals surface area contributed by atoms with Gasteiger partial charge >= 0.3 is 0 Å². The van der Waals surface area contributed by atoms with Gasteiger partial charge in [-0.25, -0.2) is 0 Å². The van der Waals surface area contributed by atoms with Gasteiger partial charge in [0.15, 0.2) is 0 Å². The Labute approximate surface area is 95.5 Å². The maximum absolute atomic E-state index is 11.6. The maximum Gasteiger partial charge on any atom is 0.228 e. The van der Waals surface area contributed by atoms with Gasteiger partial charge in [-0.05, 0) is 18.4 Å². The lowest BCUT2D eigenvalue weighted by Crippen LogP contribution is -2.37. The Hall–Kier alpha value is -1.83. The molecule has 2 nitrogen and oxygen atoms in total. The highest BCUT2D eigenvalue weighted by Gasteiger charge is 2.33. The molecule has 0 heterocycles. The van der Waals surface area contributed by atoms with Crippen LogP contribution in [-0.4, -0.2) is 5.91 Å². The van der Waals surface area contributed by atoms with Crippen molar-refractivity contribution in [2.45, 2.75) is 12.8 Å². The molecule has 2 N–H and O–H groups in total. The minimum atomic E-state index is -0.546. The first-order valence-electron chi connectivity index (χ1n) is 5.41. The van der Waals surface area contributed by atoms with E-state index in [1.54, 1.807) is 0 Å². The van der Waals surface area contributed by atoms with E-state index in [0.717, 1.165) is 5.56 Å². The van der Waals surface area contributed by atoms with Crippen LogP contribution in [0.1, 0.15) is 12.0 Å². The molecule has 1 aliphatic carbocycles. The number of carbonyl (C=O) groups is 1. The third-order valence-electron chi connectivity index (χ3n) is 3.00. The fourth-order valence-corrected chi connectivity index (χ4v) is 2.03. The average molecular weight is 213 g/mol. The highest BCUT2D eigenvalue weighted by Crippen LogP contribution is 2.31. The molecule has 0 bridgehead atoms. The van der Waals surface area contributed by atoms with Crippen LogP contribution in [0.15, 0.2) is 54.6 Å². The Balaban J connectivity index is 2.25. The standard InChI is InChI=1S/C14H15NO/c15-13(16)14(9-5-2-6-10-14)11-12-7-3-1-4-8-12/h1-9H,10-11H2,(H2,15,16). The quantitative estimate of drug-likeness (QED) is 0.822. The molecule has 0 saturated heterocycles. The molecule has 1 unspecified atom stereocenters. The third-order valence-corrected chi connectivity index (χ3v) is 3.00. The smallest absolute Gasteiger partial charge is 0.228 e. The molecule has 82 valence electrons. The number of hydrogen-bond acceptors (Lipinski definition) is 1. The lowest BCUT2D eigenvalue weighted by atomic mass is 9.76. The minimum Gasteiger partial charge on any atom is -0.369 e. The van der Waals surface area contributed by atoms with Crippen molar-refractivity contribution < 1.29 is 4.79 Å². The summed E-state index contributed by atoms with van der Waals surface area (Å²) < 4.78 is 0. The summed E-state index contributed by atoms with van der Waals surface area (Å²) in [6, 6.07) is 9.98. The summed E-state index contributed by atoms with van der Waals surface area (Å²) in [7, 11) is 0. The Morgan fingerprint density at radius 1 is 1.25 bits per heavy atom. The van der Waals surface area contributed by atoms with Gasteiger partial charge in [0.25, 0.3) is 0 Å². The third kappa shape index (κ3) is 2.06. The van der Waals surface area contributed by atoms with Crippen LogP contribution in [0.25, 0.3) is 0 Å². The zero-order chi connectivity index (χ0) is 11.4. The molecule has 2 rings (SSSR count). The Kier molecular flexibility index (Phi) is 2.91. The predicted octanol–water partition coefficient (Wildman–Crippen LogP) is 2.22. The minimum absolute atomic E-state index is 0.253. The van der Waals surface area contributed by atoms with Crippen molar-refractivity contribution in [1.29, 1.82) is 0 Å². The van der Waals surface area contributed by atoms with Gasteiger partial charge in [-0.1, -0.05) is 54.6 Å².